The largest absolute Gasteiger partial charge is 1.00 e. The van der Waals surface area contributed by atoms with E-state index < -0.39 is 10.1 Å². The molecule has 96 valence electrons. The molecule has 0 aromatic heterocycles. The van der Waals surface area contributed by atoms with Crippen molar-refractivity contribution in [1.29, 1.82) is 0 Å². The number of unbranched alkanes of at least 4 members (excludes halogenated alkanes) is 1. The number of aryl methyl sites for hydroxylation is 1. The second-order valence-electron chi connectivity index (χ2n) is 4.36. The van der Waals surface area contributed by atoms with Gasteiger partial charge in [0.15, 0.2) is 0 Å². The van der Waals surface area contributed by atoms with Crippen molar-refractivity contribution < 1.29 is 64.4 Å². The summed E-state index contributed by atoms with van der Waals surface area (Å²) in [5.74, 6) is 0. The Morgan fingerprint density at radius 1 is 1.16 bits per heavy atom. The number of benzene rings is 2. The van der Waals surface area contributed by atoms with Crippen LogP contribution in [0.2, 0.25) is 0 Å². The van der Waals surface area contributed by atoms with Crippen LogP contribution >= 0.6 is 0 Å². The summed E-state index contributed by atoms with van der Waals surface area (Å²) >= 11 is 0. The van der Waals surface area contributed by atoms with Gasteiger partial charge < -0.3 is 4.55 Å². The van der Waals surface area contributed by atoms with Gasteiger partial charge in [0.1, 0.15) is 10.1 Å². The third kappa shape index (κ3) is 4.36. The Morgan fingerprint density at radius 3 is 2.53 bits per heavy atom. The van der Waals surface area contributed by atoms with Gasteiger partial charge in [0, 0.05) is 0 Å². The maximum absolute atomic E-state index is 11.0. The van der Waals surface area contributed by atoms with Crippen molar-refractivity contribution in [3.05, 3.63) is 42.0 Å². The van der Waals surface area contributed by atoms with Gasteiger partial charge in [-0.15, -0.1) is 0 Å². The topological polar surface area (TPSA) is 57.2 Å². The minimum atomic E-state index is -4.37. The Balaban J connectivity index is 0.00000180. The maximum atomic E-state index is 11.0. The summed E-state index contributed by atoms with van der Waals surface area (Å²) in [6, 6.07) is 10.3. The first-order chi connectivity index (χ1) is 8.52. The summed E-state index contributed by atoms with van der Waals surface area (Å²) < 4.78 is 32.9. The van der Waals surface area contributed by atoms with E-state index in [1.54, 1.807) is 6.07 Å². The SMILES string of the molecule is CCCCc1cccc2cc(S(=O)(=O)[O-])ccc12.[K+]. The van der Waals surface area contributed by atoms with Crippen LogP contribution in [0.5, 0.6) is 0 Å². The fraction of sp³-hybridized carbons (Fsp3) is 0.286. The molecule has 2 aromatic carbocycles. The summed E-state index contributed by atoms with van der Waals surface area (Å²) in [4.78, 5) is -0.164. The Hall–Kier alpha value is 0.246. The quantitative estimate of drug-likeness (QED) is 0.594. The van der Waals surface area contributed by atoms with E-state index in [0.29, 0.717) is 0 Å². The van der Waals surface area contributed by atoms with Crippen LogP contribution in [-0.4, -0.2) is 13.0 Å². The average Bonchev–Trinajstić information content (AvgIpc) is 2.34. The first kappa shape index (κ1) is 17.3. The standard InChI is InChI=1S/C14H16O3S.K/c1-2-3-5-11-6-4-7-12-10-13(18(15,16)17)8-9-14(11)12;/h4,6-10H,2-3,5H2,1H3,(H,15,16,17);/q;+1/p-1. The van der Waals surface area contributed by atoms with Crippen LogP contribution in [0.1, 0.15) is 25.3 Å². The maximum Gasteiger partial charge on any atom is 1.00 e. The van der Waals surface area contributed by atoms with Crippen LogP contribution in [0.4, 0.5) is 0 Å². The van der Waals surface area contributed by atoms with Gasteiger partial charge in [-0.1, -0.05) is 37.6 Å². The third-order valence-corrected chi connectivity index (χ3v) is 3.86. The summed E-state index contributed by atoms with van der Waals surface area (Å²) in [6.07, 6.45) is 3.18. The van der Waals surface area contributed by atoms with E-state index in [9.17, 15) is 13.0 Å². The zero-order chi connectivity index (χ0) is 13.2. The van der Waals surface area contributed by atoms with E-state index in [0.717, 1.165) is 30.0 Å². The second-order valence-corrected chi connectivity index (χ2v) is 5.74. The Labute approximate surface area is 156 Å². The molecule has 0 spiro atoms. The Bertz CT molecular complexity index is 665. The molecule has 0 atom stereocenters. The summed E-state index contributed by atoms with van der Waals surface area (Å²) in [7, 11) is -4.37. The van der Waals surface area contributed by atoms with Crippen LogP contribution in [0, 0.1) is 0 Å². The molecule has 0 fully saturated rings. The van der Waals surface area contributed by atoms with Crippen molar-refractivity contribution >= 4 is 20.9 Å². The molecule has 0 unspecified atom stereocenters. The number of hydrogen-bond donors (Lipinski definition) is 0. The van der Waals surface area contributed by atoms with E-state index >= 15 is 0 Å². The number of hydrogen-bond acceptors (Lipinski definition) is 3. The first-order valence-electron chi connectivity index (χ1n) is 6.00. The van der Waals surface area contributed by atoms with E-state index in [-0.39, 0.29) is 56.3 Å². The van der Waals surface area contributed by atoms with Crippen molar-refractivity contribution in [3.8, 4) is 0 Å². The van der Waals surface area contributed by atoms with Crippen molar-refractivity contribution in [2.24, 2.45) is 0 Å². The monoisotopic (exact) mass is 302 g/mol. The van der Waals surface area contributed by atoms with Crippen LogP contribution in [0.25, 0.3) is 10.8 Å². The predicted molar refractivity (Wildman–Crippen MR) is 70.5 cm³/mol. The molecule has 19 heavy (non-hydrogen) atoms. The molecule has 0 aliphatic rings. The fourth-order valence-electron chi connectivity index (χ4n) is 2.07. The third-order valence-electron chi connectivity index (χ3n) is 3.03. The molecule has 2 aromatic rings. The van der Waals surface area contributed by atoms with Gasteiger partial charge in [0.25, 0.3) is 0 Å². The molecule has 0 radical (unpaired) electrons. The molecule has 3 nitrogen and oxygen atoms in total. The normalized spacial score (nSPS) is 11.3. The summed E-state index contributed by atoms with van der Waals surface area (Å²) in [5.41, 5.74) is 1.20. The molecule has 5 heteroatoms. The van der Waals surface area contributed by atoms with Crippen molar-refractivity contribution in [2.45, 2.75) is 31.1 Å². The zero-order valence-corrected chi connectivity index (χ0v) is 15.2. The molecule has 2 rings (SSSR count). The van der Waals surface area contributed by atoms with Crippen molar-refractivity contribution in [1.82, 2.24) is 0 Å². The van der Waals surface area contributed by atoms with Gasteiger partial charge in [0.2, 0.25) is 0 Å². The minimum Gasteiger partial charge on any atom is -0.744 e. The zero-order valence-electron chi connectivity index (χ0n) is 11.2. The smallest absolute Gasteiger partial charge is 0.744 e. The predicted octanol–water partition coefficient (Wildman–Crippen LogP) is 0.0905. The molecule has 0 saturated carbocycles. The van der Waals surface area contributed by atoms with Crippen molar-refractivity contribution in [3.63, 3.8) is 0 Å². The summed E-state index contributed by atoms with van der Waals surface area (Å²) in [6.45, 7) is 2.13. The van der Waals surface area contributed by atoms with Crippen LogP contribution < -0.4 is 51.4 Å². The van der Waals surface area contributed by atoms with E-state index in [2.05, 4.69) is 6.92 Å². The second kappa shape index (κ2) is 7.31. The van der Waals surface area contributed by atoms with Gasteiger partial charge >= 0.3 is 51.4 Å². The molecular formula is C14H15KO3S. The molecule has 0 bridgehead atoms. The number of fused-ring (bicyclic) bond motifs is 1. The van der Waals surface area contributed by atoms with Crippen LogP contribution in [0.3, 0.4) is 0 Å². The van der Waals surface area contributed by atoms with Gasteiger partial charge in [-0.25, -0.2) is 8.42 Å². The van der Waals surface area contributed by atoms with E-state index in [1.165, 1.54) is 17.7 Å². The summed E-state index contributed by atoms with van der Waals surface area (Å²) in [5, 5.41) is 1.83. The first-order valence-corrected chi connectivity index (χ1v) is 7.41. The minimum absolute atomic E-state index is 0. The van der Waals surface area contributed by atoms with Crippen LogP contribution in [0.15, 0.2) is 41.3 Å². The van der Waals surface area contributed by atoms with Gasteiger partial charge in [-0.05, 0) is 41.3 Å². The molecule has 0 amide bonds. The van der Waals surface area contributed by atoms with Crippen molar-refractivity contribution in [2.75, 3.05) is 0 Å². The molecule has 0 aliphatic heterocycles. The Morgan fingerprint density at radius 2 is 1.89 bits per heavy atom. The van der Waals surface area contributed by atoms with Crippen LogP contribution in [-0.2, 0) is 16.5 Å². The molecule has 0 N–H and O–H groups in total. The van der Waals surface area contributed by atoms with Gasteiger partial charge in [0.05, 0.1) is 4.90 Å². The molecule has 0 aliphatic carbocycles. The Kier molecular flexibility index (Phi) is 6.66. The van der Waals surface area contributed by atoms with Gasteiger partial charge in [-0.2, -0.15) is 0 Å². The van der Waals surface area contributed by atoms with E-state index in [4.69, 9.17) is 0 Å². The number of rotatable bonds is 4. The molecular weight excluding hydrogens is 287 g/mol. The van der Waals surface area contributed by atoms with E-state index in [1.807, 2.05) is 18.2 Å². The molecule has 0 heterocycles. The van der Waals surface area contributed by atoms with Gasteiger partial charge in [-0.3, -0.25) is 0 Å². The average molecular weight is 302 g/mol. The fourth-order valence-corrected chi connectivity index (χ4v) is 2.58. The molecule has 0 saturated heterocycles.